The van der Waals surface area contributed by atoms with Crippen LogP contribution in [0, 0.1) is 0 Å². The van der Waals surface area contributed by atoms with E-state index in [4.69, 9.17) is 13.7 Å². The van der Waals surface area contributed by atoms with E-state index in [0.29, 0.717) is 17.2 Å². The summed E-state index contributed by atoms with van der Waals surface area (Å²) in [7, 11) is 0. The fraction of sp³-hybridized carbons (Fsp3) is 0.100. The summed E-state index contributed by atoms with van der Waals surface area (Å²) in [5.41, 5.74) is 1.48. The van der Waals surface area contributed by atoms with Gasteiger partial charge in [-0.1, -0.05) is 47.6 Å². The molecule has 0 radical (unpaired) electrons. The van der Waals surface area contributed by atoms with E-state index in [1.807, 2.05) is 42.5 Å². The lowest BCUT2D eigenvalue weighted by Gasteiger charge is -2.06. The summed E-state index contributed by atoms with van der Waals surface area (Å²) in [6.07, 6.45) is 1.77. The van der Waals surface area contributed by atoms with Crippen LogP contribution in [0.4, 0.5) is 0 Å². The van der Waals surface area contributed by atoms with Gasteiger partial charge in [-0.2, -0.15) is 0 Å². The van der Waals surface area contributed by atoms with Crippen molar-refractivity contribution in [1.29, 1.82) is 0 Å². The SMILES string of the molecule is O=C(Cc1cccc2ccccc12)OCc1cc(-c2ccco2)on1. The van der Waals surface area contributed by atoms with Gasteiger partial charge in [0.2, 0.25) is 5.76 Å². The highest BCUT2D eigenvalue weighted by atomic mass is 16.5. The summed E-state index contributed by atoms with van der Waals surface area (Å²) in [6.45, 7) is 0.0633. The van der Waals surface area contributed by atoms with Gasteiger partial charge in [0.15, 0.2) is 5.76 Å². The third-order valence-corrected chi connectivity index (χ3v) is 3.92. The van der Waals surface area contributed by atoms with Crippen molar-refractivity contribution in [3.05, 3.63) is 78.2 Å². The predicted molar refractivity (Wildman–Crippen MR) is 91.7 cm³/mol. The maximum absolute atomic E-state index is 12.2. The Labute approximate surface area is 143 Å². The number of hydrogen-bond acceptors (Lipinski definition) is 5. The van der Waals surface area contributed by atoms with Crippen molar-refractivity contribution < 1.29 is 18.5 Å². The van der Waals surface area contributed by atoms with Crippen LogP contribution in [-0.4, -0.2) is 11.1 Å². The van der Waals surface area contributed by atoms with Crippen LogP contribution in [0.3, 0.4) is 0 Å². The molecule has 0 N–H and O–H groups in total. The molecule has 0 fully saturated rings. The number of furan rings is 1. The van der Waals surface area contributed by atoms with Crippen LogP contribution in [0.5, 0.6) is 0 Å². The van der Waals surface area contributed by atoms with Crippen molar-refractivity contribution in [1.82, 2.24) is 5.16 Å². The molecule has 124 valence electrons. The summed E-state index contributed by atoms with van der Waals surface area (Å²) >= 11 is 0. The number of fused-ring (bicyclic) bond motifs is 1. The van der Waals surface area contributed by atoms with Crippen molar-refractivity contribution >= 4 is 16.7 Å². The van der Waals surface area contributed by atoms with Crippen LogP contribution >= 0.6 is 0 Å². The third-order valence-electron chi connectivity index (χ3n) is 3.92. The van der Waals surface area contributed by atoms with Crippen LogP contribution in [0.25, 0.3) is 22.3 Å². The Hall–Kier alpha value is -3.34. The number of esters is 1. The maximum Gasteiger partial charge on any atom is 0.310 e. The first kappa shape index (κ1) is 15.2. The highest BCUT2D eigenvalue weighted by Gasteiger charge is 2.12. The molecule has 0 atom stereocenters. The Morgan fingerprint density at radius 3 is 2.76 bits per heavy atom. The Kier molecular flexibility index (Phi) is 4.04. The Morgan fingerprint density at radius 1 is 1.00 bits per heavy atom. The van der Waals surface area contributed by atoms with E-state index in [1.54, 1.807) is 24.5 Å². The molecule has 4 aromatic rings. The average Bonchev–Trinajstić information content (AvgIpc) is 3.32. The molecule has 0 saturated carbocycles. The molecule has 0 spiro atoms. The number of ether oxygens (including phenoxy) is 1. The molecule has 5 heteroatoms. The molecule has 0 saturated heterocycles. The predicted octanol–water partition coefficient (Wildman–Crippen LogP) is 4.37. The summed E-state index contributed by atoms with van der Waals surface area (Å²) in [6, 6.07) is 19.1. The molecule has 2 aromatic carbocycles. The molecule has 0 amide bonds. The van der Waals surface area contributed by atoms with Crippen LogP contribution < -0.4 is 0 Å². The van der Waals surface area contributed by atoms with Crippen molar-refractivity contribution in [2.45, 2.75) is 13.0 Å². The molecule has 25 heavy (non-hydrogen) atoms. The number of rotatable bonds is 5. The average molecular weight is 333 g/mol. The van der Waals surface area contributed by atoms with Gasteiger partial charge < -0.3 is 13.7 Å². The lowest BCUT2D eigenvalue weighted by atomic mass is 10.0. The lowest BCUT2D eigenvalue weighted by Crippen LogP contribution is -2.08. The van der Waals surface area contributed by atoms with E-state index in [0.717, 1.165) is 16.3 Å². The highest BCUT2D eigenvalue weighted by Crippen LogP contribution is 2.21. The minimum atomic E-state index is -0.307. The number of aromatic nitrogens is 1. The van der Waals surface area contributed by atoms with Gasteiger partial charge in [0.05, 0.1) is 12.7 Å². The zero-order valence-electron chi connectivity index (χ0n) is 13.3. The van der Waals surface area contributed by atoms with Crippen LogP contribution in [0.15, 0.2) is 75.9 Å². The number of nitrogens with zero attached hydrogens (tertiary/aromatic N) is 1. The van der Waals surface area contributed by atoms with E-state index in [-0.39, 0.29) is 19.0 Å². The summed E-state index contributed by atoms with van der Waals surface area (Å²) in [4.78, 5) is 12.2. The zero-order valence-corrected chi connectivity index (χ0v) is 13.3. The van der Waals surface area contributed by atoms with Crippen molar-refractivity contribution in [2.24, 2.45) is 0 Å². The monoisotopic (exact) mass is 333 g/mol. The zero-order chi connectivity index (χ0) is 17.1. The lowest BCUT2D eigenvalue weighted by molar-refractivity contribution is -0.144. The van der Waals surface area contributed by atoms with E-state index in [2.05, 4.69) is 5.16 Å². The number of benzene rings is 2. The van der Waals surface area contributed by atoms with Gasteiger partial charge in [-0.15, -0.1) is 0 Å². The molecule has 0 unspecified atom stereocenters. The standard InChI is InChI=1S/C20H15NO4/c22-20(11-15-7-3-6-14-5-1-2-8-17(14)15)24-13-16-12-19(25-21-16)18-9-4-10-23-18/h1-10,12H,11,13H2. The van der Waals surface area contributed by atoms with E-state index in [9.17, 15) is 4.79 Å². The molecule has 2 aromatic heterocycles. The van der Waals surface area contributed by atoms with Gasteiger partial charge in [-0.25, -0.2) is 0 Å². The largest absolute Gasteiger partial charge is 0.461 e. The van der Waals surface area contributed by atoms with Crippen LogP contribution in [0.1, 0.15) is 11.3 Å². The summed E-state index contributed by atoms with van der Waals surface area (Å²) in [5, 5.41) is 6.05. The molecule has 2 heterocycles. The fourth-order valence-corrected chi connectivity index (χ4v) is 2.72. The molecule has 5 nitrogen and oxygen atoms in total. The number of carbonyl (C=O) groups is 1. The van der Waals surface area contributed by atoms with E-state index in [1.165, 1.54) is 0 Å². The quantitative estimate of drug-likeness (QED) is 0.507. The minimum Gasteiger partial charge on any atom is -0.461 e. The fourth-order valence-electron chi connectivity index (χ4n) is 2.72. The molecule has 0 aliphatic carbocycles. The van der Waals surface area contributed by atoms with Gasteiger partial charge in [0.1, 0.15) is 12.3 Å². The maximum atomic E-state index is 12.2. The van der Waals surface area contributed by atoms with Crippen molar-refractivity contribution in [2.75, 3.05) is 0 Å². The second kappa shape index (κ2) is 6.65. The first-order chi connectivity index (χ1) is 12.3. The molecule has 0 aliphatic heterocycles. The Bertz CT molecular complexity index is 996. The van der Waals surface area contributed by atoms with Crippen LogP contribution in [-0.2, 0) is 22.6 Å². The molecule has 4 rings (SSSR count). The molecule has 0 aliphatic rings. The number of carbonyl (C=O) groups excluding carboxylic acids is 1. The normalized spacial score (nSPS) is 10.9. The first-order valence-corrected chi connectivity index (χ1v) is 7.91. The van der Waals surface area contributed by atoms with Gasteiger partial charge in [-0.05, 0) is 28.5 Å². The first-order valence-electron chi connectivity index (χ1n) is 7.91. The van der Waals surface area contributed by atoms with Crippen molar-refractivity contribution in [3.8, 4) is 11.5 Å². The van der Waals surface area contributed by atoms with Gasteiger partial charge in [-0.3, -0.25) is 4.79 Å². The van der Waals surface area contributed by atoms with Gasteiger partial charge in [0, 0.05) is 6.07 Å². The molecule has 0 bridgehead atoms. The van der Waals surface area contributed by atoms with Gasteiger partial charge >= 0.3 is 5.97 Å². The van der Waals surface area contributed by atoms with Crippen LogP contribution in [0.2, 0.25) is 0 Å². The number of hydrogen-bond donors (Lipinski definition) is 0. The Balaban J connectivity index is 1.41. The van der Waals surface area contributed by atoms with E-state index < -0.39 is 0 Å². The highest BCUT2D eigenvalue weighted by molar-refractivity contribution is 5.88. The molecular formula is C20H15NO4. The Morgan fingerprint density at radius 2 is 1.88 bits per heavy atom. The summed E-state index contributed by atoms with van der Waals surface area (Å²) < 4.78 is 15.7. The molecular weight excluding hydrogens is 318 g/mol. The summed E-state index contributed by atoms with van der Waals surface area (Å²) in [5.74, 6) is 0.782. The van der Waals surface area contributed by atoms with E-state index >= 15 is 0 Å². The topological polar surface area (TPSA) is 65.5 Å². The van der Waals surface area contributed by atoms with Gasteiger partial charge in [0.25, 0.3) is 0 Å². The third kappa shape index (κ3) is 3.30. The van der Waals surface area contributed by atoms with Crippen molar-refractivity contribution in [3.63, 3.8) is 0 Å². The second-order valence-corrected chi connectivity index (χ2v) is 5.64. The minimum absolute atomic E-state index is 0.0633. The smallest absolute Gasteiger partial charge is 0.310 e. The second-order valence-electron chi connectivity index (χ2n) is 5.64.